The van der Waals surface area contributed by atoms with Crippen molar-refractivity contribution in [1.82, 2.24) is 0 Å². The van der Waals surface area contributed by atoms with Crippen molar-refractivity contribution in [2.24, 2.45) is 28.7 Å². The highest BCUT2D eigenvalue weighted by atomic mass is 16.4. The topological polar surface area (TPSA) is 337 Å². The third kappa shape index (κ3) is 30.6. The molecule has 0 bridgehead atoms. The number of carboxylic acids is 5. The van der Waals surface area contributed by atoms with E-state index in [0.29, 0.717) is 19.4 Å². The maximum atomic E-state index is 10.4. The van der Waals surface area contributed by atoms with E-state index in [4.69, 9.17) is 64.1 Å². The number of nitrogens with two attached hydrogens (primary N) is 5. The summed E-state index contributed by atoms with van der Waals surface area (Å²) in [7, 11) is 0. The van der Waals surface area contributed by atoms with Crippen LogP contribution in [0.25, 0.3) is 0 Å². The van der Waals surface area contributed by atoms with Crippen LogP contribution in [0.2, 0.25) is 0 Å². The summed E-state index contributed by atoms with van der Waals surface area (Å²) < 4.78 is 0. The molecule has 2 aromatic carbocycles. The average Bonchev–Trinajstić information content (AvgIpc) is 2.95. The van der Waals surface area contributed by atoms with Crippen LogP contribution in [-0.4, -0.2) is 91.2 Å². The molecule has 0 heterocycles. The molecule has 0 aliphatic rings. The molecule has 0 unspecified atom stereocenters. The second-order valence-electron chi connectivity index (χ2n) is 9.32. The van der Waals surface area contributed by atoms with E-state index in [2.05, 4.69) is 0 Å². The molecular formula is C29H47N5O11. The third-order valence-corrected chi connectivity index (χ3v) is 5.00. The maximum absolute atomic E-state index is 10.4. The van der Waals surface area contributed by atoms with Crippen LogP contribution < -0.4 is 28.7 Å². The molecular weight excluding hydrogens is 594 g/mol. The minimum Gasteiger partial charge on any atom is -0.508 e. The van der Waals surface area contributed by atoms with Crippen LogP contribution >= 0.6 is 0 Å². The number of carboxylic acid groups (broad SMARTS) is 5. The second kappa shape index (κ2) is 27.0. The fourth-order valence-electron chi connectivity index (χ4n) is 2.56. The van der Waals surface area contributed by atoms with E-state index in [1.54, 1.807) is 12.1 Å². The van der Waals surface area contributed by atoms with Gasteiger partial charge in [-0.2, -0.15) is 0 Å². The van der Waals surface area contributed by atoms with Crippen LogP contribution in [0.15, 0.2) is 54.6 Å². The van der Waals surface area contributed by atoms with E-state index in [1.807, 2.05) is 30.3 Å². The predicted octanol–water partition coefficient (Wildman–Crippen LogP) is 0.0240. The van der Waals surface area contributed by atoms with E-state index in [9.17, 15) is 19.2 Å². The van der Waals surface area contributed by atoms with Gasteiger partial charge in [0.05, 0.1) is 0 Å². The van der Waals surface area contributed by atoms with Gasteiger partial charge in [0.2, 0.25) is 0 Å². The molecule has 0 aliphatic heterocycles. The van der Waals surface area contributed by atoms with Gasteiger partial charge in [0, 0.05) is 6.92 Å². The Morgan fingerprint density at radius 1 is 0.622 bits per heavy atom. The Balaban J connectivity index is -0.000000516. The highest BCUT2D eigenvalue weighted by Crippen LogP contribution is 2.10. The number of benzene rings is 2. The molecule has 2 rings (SSSR count). The molecule has 0 spiro atoms. The van der Waals surface area contributed by atoms with Gasteiger partial charge in [-0.3, -0.25) is 24.0 Å². The molecule has 0 fully saturated rings. The molecule has 0 aromatic heterocycles. The zero-order valence-corrected chi connectivity index (χ0v) is 25.4. The van der Waals surface area contributed by atoms with Crippen molar-refractivity contribution in [3.63, 3.8) is 0 Å². The first kappa shape index (κ1) is 44.8. The lowest BCUT2D eigenvalue weighted by molar-refractivity contribution is -0.139. The lowest BCUT2D eigenvalue weighted by atomic mass is 10.1. The Morgan fingerprint density at radius 2 is 0.978 bits per heavy atom. The minimum absolute atomic E-state index is 0.160. The van der Waals surface area contributed by atoms with Crippen molar-refractivity contribution < 1.29 is 54.6 Å². The summed E-state index contributed by atoms with van der Waals surface area (Å²) >= 11 is 0. The van der Waals surface area contributed by atoms with Crippen LogP contribution in [0.4, 0.5) is 0 Å². The Labute approximate surface area is 261 Å². The monoisotopic (exact) mass is 641 g/mol. The number of unbranched alkanes of at least 4 members (excludes halogenated alkanes) is 1. The molecule has 254 valence electrons. The van der Waals surface area contributed by atoms with Crippen molar-refractivity contribution >= 4 is 29.8 Å². The number of aromatic hydroxyl groups is 1. The number of rotatable bonds is 12. The fraction of sp³-hybridized carbons (Fsp3) is 0.414. The number of carbonyl (C=O) groups is 5. The zero-order valence-electron chi connectivity index (χ0n) is 25.4. The van der Waals surface area contributed by atoms with Gasteiger partial charge in [-0.1, -0.05) is 48.9 Å². The Kier molecular flexibility index (Phi) is 26.9. The van der Waals surface area contributed by atoms with Crippen molar-refractivity contribution in [3.05, 3.63) is 65.7 Å². The molecule has 0 amide bonds. The molecule has 16 heteroatoms. The molecule has 2 aromatic rings. The van der Waals surface area contributed by atoms with Gasteiger partial charge in [-0.15, -0.1) is 0 Å². The van der Waals surface area contributed by atoms with Crippen molar-refractivity contribution in [3.8, 4) is 5.75 Å². The summed E-state index contributed by atoms with van der Waals surface area (Å²) in [6.45, 7) is 3.11. The lowest BCUT2D eigenvalue weighted by Crippen LogP contribution is -2.32. The van der Waals surface area contributed by atoms with Gasteiger partial charge in [0.25, 0.3) is 5.97 Å². The smallest absolute Gasteiger partial charge is 0.320 e. The summed E-state index contributed by atoms with van der Waals surface area (Å²) in [5.74, 6) is -4.55. The first-order valence-corrected chi connectivity index (χ1v) is 13.5. The Morgan fingerprint density at radius 3 is 1.29 bits per heavy atom. The number of aliphatic carboxylic acids is 5. The summed E-state index contributed by atoms with van der Waals surface area (Å²) in [4.78, 5) is 49.5. The van der Waals surface area contributed by atoms with E-state index < -0.39 is 54.0 Å². The van der Waals surface area contributed by atoms with Crippen molar-refractivity contribution in [1.29, 1.82) is 0 Å². The highest BCUT2D eigenvalue weighted by molar-refractivity contribution is 5.74. The molecule has 0 saturated heterocycles. The van der Waals surface area contributed by atoms with Gasteiger partial charge in [0.1, 0.15) is 29.9 Å². The first-order valence-electron chi connectivity index (χ1n) is 13.5. The van der Waals surface area contributed by atoms with E-state index >= 15 is 0 Å². The molecule has 4 atom stereocenters. The number of hydrogen-bond donors (Lipinski definition) is 11. The molecule has 45 heavy (non-hydrogen) atoms. The van der Waals surface area contributed by atoms with Crippen LogP contribution in [0.3, 0.4) is 0 Å². The Bertz CT molecular complexity index is 1110. The highest BCUT2D eigenvalue weighted by Gasteiger charge is 2.12. The quantitative estimate of drug-likeness (QED) is 0.136. The lowest BCUT2D eigenvalue weighted by Gasteiger charge is -2.05. The molecule has 0 aliphatic carbocycles. The van der Waals surface area contributed by atoms with E-state index in [1.165, 1.54) is 19.1 Å². The van der Waals surface area contributed by atoms with Gasteiger partial charge in [-0.05, 0) is 62.4 Å². The normalized spacial score (nSPS) is 12.2. The molecule has 16 nitrogen and oxygen atoms in total. The van der Waals surface area contributed by atoms with Gasteiger partial charge in [0.15, 0.2) is 0 Å². The summed E-state index contributed by atoms with van der Waals surface area (Å²) in [6, 6.07) is 12.5. The molecule has 0 saturated carbocycles. The largest absolute Gasteiger partial charge is 0.508 e. The third-order valence-electron chi connectivity index (χ3n) is 5.00. The minimum atomic E-state index is -1.02. The summed E-state index contributed by atoms with van der Waals surface area (Å²) in [5, 5.41) is 49.6. The number of phenols is 1. The molecule has 0 radical (unpaired) electrons. The van der Waals surface area contributed by atoms with Crippen LogP contribution in [0.5, 0.6) is 5.75 Å². The standard InChI is InChI=1S/C9H11NO3.C9H11NO2.C6H14N2O2.C3H7NO2.C2H4O2/c10-8(9(12)13)5-6-1-3-7(11)4-2-6;10-8(9(11)12)6-7-4-2-1-3-5-7;7-4-2-1-3-5(8)6(9)10;1-2(4)3(5)6;1-2(3)4/h1-4,8,11H,5,10H2,(H,12,13);1-5,8H,6,10H2,(H,11,12);5H,1-4,7-8H2,(H,9,10);2H,4H2,1H3,(H,5,6);1H3,(H,3,4)/t2*8-;5-;2-;/m0000./s1. The van der Waals surface area contributed by atoms with Crippen molar-refractivity contribution in [2.45, 2.75) is 70.1 Å². The van der Waals surface area contributed by atoms with Gasteiger partial charge in [-0.25, -0.2) is 0 Å². The van der Waals surface area contributed by atoms with Crippen LogP contribution in [0.1, 0.15) is 44.2 Å². The maximum Gasteiger partial charge on any atom is 0.320 e. The second-order valence-corrected chi connectivity index (χ2v) is 9.32. The van der Waals surface area contributed by atoms with E-state index in [0.717, 1.165) is 30.9 Å². The Hall–Kier alpha value is -4.61. The zero-order chi connectivity index (χ0) is 35.5. The van der Waals surface area contributed by atoms with E-state index in [-0.39, 0.29) is 12.2 Å². The van der Waals surface area contributed by atoms with Gasteiger partial charge < -0.3 is 59.3 Å². The first-order chi connectivity index (χ1) is 20.8. The van der Waals surface area contributed by atoms with Crippen molar-refractivity contribution in [2.75, 3.05) is 6.54 Å². The number of hydrogen-bond acceptors (Lipinski definition) is 11. The summed E-state index contributed by atoms with van der Waals surface area (Å²) in [5.41, 5.74) is 27.7. The number of phenolic OH excluding ortho intramolecular Hbond substituents is 1. The summed E-state index contributed by atoms with van der Waals surface area (Å²) in [6.07, 6.45) is 2.82. The SMILES string of the molecule is CC(=O)O.C[C@H](N)C(=O)O.NCCCC[C@H](N)C(=O)O.N[C@@H](Cc1ccc(O)cc1)C(=O)O.N[C@@H](Cc1ccccc1)C(=O)O. The van der Waals surface area contributed by atoms with Crippen LogP contribution in [-0.2, 0) is 36.8 Å². The van der Waals surface area contributed by atoms with Crippen LogP contribution in [0, 0.1) is 0 Å². The predicted molar refractivity (Wildman–Crippen MR) is 166 cm³/mol. The average molecular weight is 642 g/mol. The van der Waals surface area contributed by atoms with Gasteiger partial charge >= 0.3 is 23.9 Å². The molecule has 16 N–H and O–H groups in total. The fourth-order valence-corrected chi connectivity index (χ4v) is 2.56.